The van der Waals surface area contributed by atoms with Crippen LogP contribution in [0.2, 0.25) is 0 Å². The molecular formula is C27H28N4O2. The summed E-state index contributed by atoms with van der Waals surface area (Å²) in [7, 11) is 0. The lowest BCUT2D eigenvalue weighted by Crippen LogP contribution is -2.37. The molecule has 2 aromatic carbocycles. The van der Waals surface area contributed by atoms with Gasteiger partial charge in [0.05, 0.1) is 17.9 Å². The van der Waals surface area contributed by atoms with Gasteiger partial charge in [-0.15, -0.1) is 0 Å². The molecule has 0 unspecified atom stereocenters. The third-order valence-electron chi connectivity index (χ3n) is 6.34. The predicted octanol–water partition coefficient (Wildman–Crippen LogP) is 5.18. The number of rotatable bonds is 5. The van der Waals surface area contributed by atoms with Gasteiger partial charge in [0.15, 0.2) is 5.65 Å². The third kappa shape index (κ3) is 4.09. The highest BCUT2D eigenvalue weighted by Gasteiger charge is 2.28. The number of nitrogens with zero attached hydrogens (tertiary/aromatic N) is 4. The molecule has 1 saturated heterocycles. The number of carbonyl (C=O) groups is 1. The third-order valence-corrected chi connectivity index (χ3v) is 6.34. The number of anilines is 1. The first-order valence-electron chi connectivity index (χ1n) is 11.6. The van der Waals surface area contributed by atoms with Crippen molar-refractivity contribution in [1.82, 2.24) is 14.5 Å². The molecule has 0 amide bonds. The van der Waals surface area contributed by atoms with Gasteiger partial charge in [-0.25, -0.2) is 9.97 Å². The molecule has 0 bridgehead atoms. The molecule has 6 heteroatoms. The normalized spacial score (nSPS) is 14.5. The number of hydrogen-bond donors (Lipinski definition) is 0. The van der Waals surface area contributed by atoms with Gasteiger partial charge in [-0.3, -0.25) is 4.79 Å². The summed E-state index contributed by atoms with van der Waals surface area (Å²) in [5.41, 5.74) is 5.40. The molecule has 4 aromatic rings. The highest BCUT2D eigenvalue weighted by atomic mass is 16.5. The first-order valence-corrected chi connectivity index (χ1v) is 11.6. The van der Waals surface area contributed by atoms with E-state index >= 15 is 0 Å². The van der Waals surface area contributed by atoms with E-state index in [9.17, 15) is 4.79 Å². The maximum atomic E-state index is 12.2. The molecule has 0 atom stereocenters. The number of hydrogen-bond acceptors (Lipinski definition) is 5. The largest absolute Gasteiger partial charge is 0.466 e. The minimum atomic E-state index is -0.0828. The second-order valence-electron chi connectivity index (χ2n) is 8.53. The Labute approximate surface area is 193 Å². The summed E-state index contributed by atoms with van der Waals surface area (Å²) in [6.45, 7) is 5.91. The van der Waals surface area contributed by atoms with Crippen LogP contribution in [0.15, 0.2) is 67.1 Å². The highest BCUT2D eigenvalue weighted by Crippen LogP contribution is 2.38. The topological polar surface area (TPSA) is 60.2 Å². The number of esters is 1. The van der Waals surface area contributed by atoms with Gasteiger partial charge in [0.1, 0.15) is 12.1 Å². The number of piperidine rings is 1. The van der Waals surface area contributed by atoms with Gasteiger partial charge in [-0.2, -0.15) is 0 Å². The molecule has 0 saturated carbocycles. The van der Waals surface area contributed by atoms with Crippen molar-refractivity contribution in [1.29, 1.82) is 0 Å². The van der Waals surface area contributed by atoms with Crippen LogP contribution in [0.1, 0.15) is 25.3 Å². The molecule has 6 nitrogen and oxygen atoms in total. The van der Waals surface area contributed by atoms with Crippen molar-refractivity contribution in [2.24, 2.45) is 5.92 Å². The molecule has 0 N–H and O–H groups in total. The number of aryl methyl sites for hydroxylation is 1. The summed E-state index contributed by atoms with van der Waals surface area (Å²) in [6.07, 6.45) is 5.35. The van der Waals surface area contributed by atoms with Crippen molar-refractivity contribution in [3.05, 3.63) is 72.7 Å². The Morgan fingerprint density at radius 1 is 1.06 bits per heavy atom. The van der Waals surface area contributed by atoms with Crippen molar-refractivity contribution in [3.8, 4) is 16.8 Å². The Bertz CT molecular complexity index is 1270. The van der Waals surface area contributed by atoms with Crippen molar-refractivity contribution < 1.29 is 9.53 Å². The van der Waals surface area contributed by atoms with Gasteiger partial charge in [0.2, 0.25) is 0 Å². The zero-order valence-electron chi connectivity index (χ0n) is 19.1. The summed E-state index contributed by atoms with van der Waals surface area (Å²) < 4.78 is 7.40. The zero-order chi connectivity index (χ0) is 22.8. The molecule has 0 radical (unpaired) electrons. The van der Waals surface area contributed by atoms with Crippen LogP contribution >= 0.6 is 0 Å². The average molecular weight is 441 g/mol. The van der Waals surface area contributed by atoms with E-state index in [1.807, 2.05) is 13.0 Å². The molecule has 168 valence electrons. The zero-order valence-corrected chi connectivity index (χ0v) is 19.1. The van der Waals surface area contributed by atoms with Gasteiger partial charge in [-0.05, 0) is 49.9 Å². The number of benzene rings is 2. The van der Waals surface area contributed by atoms with E-state index in [1.165, 1.54) is 5.56 Å². The fraction of sp³-hybridized carbons (Fsp3) is 0.296. The predicted molar refractivity (Wildman–Crippen MR) is 131 cm³/mol. The quantitative estimate of drug-likeness (QED) is 0.401. The van der Waals surface area contributed by atoms with Crippen LogP contribution in [0, 0.1) is 12.8 Å². The molecule has 33 heavy (non-hydrogen) atoms. The molecule has 1 aliphatic rings. The molecule has 2 aromatic heterocycles. The fourth-order valence-corrected chi connectivity index (χ4v) is 4.68. The lowest BCUT2D eigenvalue weighted by atomic mass is 9.96. The average Bonchev–Trinajstić information content (AvgIpc) is 3.25. The molecule has 3 heterocycles. The van der Waals surface area contributed by atoms with Crippen LogP contribution in [0.5, 0.6) is 0 Å². The summed E-state index contributed by atoms with van der Waals surface area (Å²) in [5.74, 6) is 0.803. The number of fused-ring (bicyclic) bond motifs is 1. The number of carbonyl (C=O) groups excluding carboxylic acids is 1. The van der Waals surface area contributed by atoms with Gasteiger partial charge >= 0.3 is 5.97 Å². The molecular weight excluding hydrogens is 412 g/mol. The second kappa shape index (κ2) is 9.06. The Morgan fingerprint density at radius 3 is 2.58 bits per heavy atom. The van der Waals surface area contributed by atoms with Gasteiger partial charge in [0.25, 0.3) is 0 Å². The molecule has 0 spiro atoms. The molecule has 5 rings (SSSR count). The minimum Gasteiger partial charge on any atom is -0.466 e. The first-order chi connectivity index (χ1) is 16.2. The van der Waals surface area contributed by atoms with Crippen LogP contribution < -0.4 is 4.90 Å². The summed E-state index contributed by atoms with van der Waals surface area (Å²) >= 11 is 0. The van der Waals surface area contributed by atoms with Crippen LogP contribution in [0.3, 0.4) is 0 Å². The smallest absolute Gasteiger partial charge is 0.309 e. The second-order valence-corrected chi connectivity index (χ2v) is 8.53. The Hall–Kier alpha value is -3.67. The van der Waals surface area contributed by atoms with Crippen molar-refractivity contribution in [2.45, 2.75) is 26.7 Å². The maximum Gasteiger partial charge on any atom is 0.309 e. The Balaban J connectivity index is 1.60. The van der Waals surface area contributed by atoms with Gasteiger partial charge in [-0.1, -0.05) is 42.5 Å². The summed E-state index contributed by atoms with van der Waals surface area (Å²) in [5, 5.41) is 1.04. The molecule has 1 fully saturated rings. The lowest BCUT2D eigenvalue weighted by Gasteiger charge is -2.32. The van der Waals surface area contributed by atoms with Crippen molar-refractivity contribution in [3.63, 3.8) is 0 Å². The first kappa shape index (κ1) is 21.2. The van der Waals surface area contributed by atoms with Crippen LogP contribution in [0.25, 0.3) is 27.8 Å². The summed E-state index contributed by atoms with van der Waals surface area (Å²) in [4.78, 5) is 23.9. The van der Waals surface area contributed by atoms with E-state index in [4.69, 9.17) is 14.7 Å². The minimum absolute atomic E-state index is 0.0380. The molecule has 0 aliphatic carbocycles. The van der Waals surface area contributed by atoms with Crippen molar-refractivity contribution >= 4 is 22.8 Å². The Morgan fingerprint density at radius 2 is 1.85 bits per heavy atom. The van der Waals surface area contributed by atoms with E-state index in [0.29, 0.717) is 6.61 Å². The van der Waals surface area contributed by atoms with Crippen LogP contribution in [0.4, 0.5) is 5.82 Å². The van der Waals surface area contributed by atoms with E-state index in [1.54, 1.807) is 6.33 Å². The summed E-state index contributed by atoms with van der Waals surface area (Å²) in [6, 6.07) is 18.8. The SMILES string of the molecule is CCOC(=O)C1CCN(c2ncnc3c2c(-c2ccccc2)cn3-c2cccc(C)c2)CC1. The fourth-order valence-electron chi connectivity index (χ4n) is 4.68. The number of ether oxygens (including phenoxy) is 1. The monoisotopic (exact) mass is 440 g/mol. The van der Waals surface area contributed by atoms with E-state index in [0.717, 1.165) is 59.6 Å². The maximum absolute atomic E-state index is 12.2. The van der Waals surface area contributed by atoms with Gasteiger partial charge < -0.3 is 14.2 Å². The lowest BCUT2D eigenvalue weighted by molar-refractivity contribution is -0.148. The van der Waals surface area contributed by atoms with Crippen LogP contribution in [-0.4, -0.2) is 40.2 Å². The highest BCUT2D eigenvalue weighted by molar-refractivity contribution is 6.02. The standard InChI is InChI=1S/C27H28N4O2/c1-3-33-27(32)21-12-14-30(15-13-21)25-24-23(20-9-5-4-6-10-20)17-31(26(24)29-18-28-25)22-11-7-8-19(2)16-22/h4-11,16-18,21H,3,12-15H2,1-2H3. The van der Waals surface area contributed by atoms with E-state index in [-0.39, 0.29) is 11.9 Å². The van der Waals surface area contributed by atoms with Crippen molar-refractivity contribution in [2.75, 3.05) is 24.6 Å². The van der Waals surface area contributed by atoms with E-state index < -0.39 is 0 Å². The van der Waals surface area contributed by atoms with E-state index in [2.05, 4.69) is 71.1 Å². The Kier molecular flexibility index (Phi) is 5.82. The molecule has 1 aliphatic heterocycles. The number of aromatic nitrogens is 3. The van der Waals surface area contributed by atoms with Gasteiger partial charge in [0, 0.05) is 30.5 Å². The van der Waals surface area contributed by atoms with Crippen LogP contribution in [-0.2, 0) is 9.53 Å².